The van der Waals surface area contributed by atoms with E-state index in [0.29, 0.717) is 57.9 Å². The second kappa shape index (κ2) is 8.82. The minimum atomic E-state index is -2.90. The summed E-state index contributed by atoms with van der Waals surface area (Å²) in [5, 5.41) is 12.7. The van der Waals surface area contributed by atoms with Gasteiger partial charge in [-0.3, -0.25) is 9.78 Å². The van der Waals surface area contributed by atoms with Crippen molar-refractivity contribution in [3.8, 4) is 22.3 Å². The Morgan fingerprint density at radius 1 is 1.18 bits per heavy atom. The summed E-state index contributed by atoms with van der Waals surface area (Å²) in [6.45, 7) is 1.74. The molecule has 1 aromatic carbocycles. The van der Waals surface area contributed by atoms with Crippen LogP contribution in [0.25, 0.3) is 33.3 Å². The number of fused-ring (bicyclic) bond motifs is 4. The highest BCUT2D eigenvalue weighted by Crippen LogP contribution is 2.50. The number of alkyl halides is 2. The molecule has 1 aliphatic heterocycles. The van der Waals surface area contributed by atoms with Crippen LogP contribution in [0.4, 0.5) is 24.5 Å². The van der Waals surface area contributed by atoms with Crippen molar-refractivity contribution in [2.24, 2.45) is 0 Å². The zero-order chi connectivity index (χ0) is 27.6. The molecule has 39 heavy (non-hydrogen) atoms. The van der Waals surface area contributed by atoms with Crippen LogP contribution < -0.4 is 15.6 Å². The van der Waals surface area contributed by atoms with Crippen LogP contribution in [-0.2, 0) is 13.0 Å². The highest BCUT2D eigenvalue weighted by Gasteiger charge is 2.41. The predicted molar refractivity (Wildman–Crippen MR) is 141 cm³/mol. The molecule has 11 heteroatoms. The number of carbonyl (C=O) groups is 1. The van der Waals surface area contributed by atoms with Gasteiger partial charge in [-0.25, -0.2) is 22.9 Å². The first kappa shape index (κ1) is 24.9. The number of benzene rings is 1. The van der Waals surface area contributed by atoms with Crippen LogP contribution in [0, 0.1) is 5.82 Å². The van der Waals surface area contributed by atoms with Crippen LogP contribution in [0.15, 0.2) is 41.6 Å². The number of hydrogen-bond acceptors (Lipinski definition) is 6. The number of aromatic carboxylic acids is 1. The molecule has 8 nitrogen and oxygen atoms in total. The summed E-state index contributed by atoms with van der Waals surface area (Å²) in [6.07, 6.45) is 4.42. The van der Waals surface area contributed by atoms with Gasteiger partial charge in [0.25, 0.3) is 5.92 Å². The largest absolute Gasteiger partial charge is 0.477 e. The highest BCUT2D eigenvalue weighted by atomic mass is 19.3. The lowest BCUT2D eigenvalue weighted by Crippen LogP contribution is -2.26. The zero-order valence-corrected chi connectivity index (χ0v) is 21.2. The molecule has 1 saturated heterocycles. The Morgan fingerprint density at radius 2 is 1.97 bits per heavy atom. The number of pyridine rings is 3. The van der Waals surface area contributed by atoms with E-state index in [-0.39, 0.29) is 18.4 Å². The first-order valence-electron chi connectivity index (χ1n) is 12.5. The maximum Gasteiger partial charge on any atom is 0.341 e. The Kier molecular flexibility index (Phi) is 5.63. The minimum Gasteiger partial charge on any atom is -0.477 e. The lowest BCUT2D eigenvalue weighted by atomic mass is 9.97. The molecule has 6 rings (SSSR count). The molecule has 4 heterocycles. The first-order chi connectivity index (χ1) is 18.6. The summed E-state index contributed by atoms with van der Waals surface area (Å²) in [5.41, 5.74) is 3.76. The van der Waals surface area contributed by atoms with E-state index in [0.717, 1.165) is 5.56 Å². The van der Waals surface area contributed by atoms with Crippen molar-refractivity contribution in [3.63, 3.8) is 0 Å². The van der Waals surface area contributed by atoms with Crippen LogP contribution in [0.5, 0.6) is 0 Å². The molecule has 0 atom stereocenters. The summed E-state index contributed by atoms with van der Waals surface area (Å²) < 4.78 is 45.2. The van der Waals surface area contributed by atoms with E-state index < -0.39 is 35.2 Å². The van der Waals surface area contributed by atoms with E-state index >= 15 is 0 Å². The van der Waals surface area contributed by atoms with Gasteiger partial charge in [0.05, 0.1) is 23.3 Å². The van der Waals surface area contributed by atoms with Gasteiger partial charge in [0.15, 0.2) is 0 Å². The third-order valence-corrected chi connectivity index (χ3v) is 7.51. The fourth-order valence-electron chi connectivity index (χ4n) is 5.68. The lowest BCUT2D eigenvalue weighted by Gasteiger charge is -2.25. The molecule has 4 aromatic rings. The molecule has 0 spiro atoms. The van der Waals surface area contributed by atoms with Gasteiger partial charge < -0.3 is 19.9 Å². The number of hydrogen-bond donors (Lipinski definition) is 2. The van der Waals surface area contributed by atoms with Crippen molar-refractivity contribution in [1.82, 2.24) is 14.5 Å². The molecular formula is C28H24F3N5O3. The van der Waals surface area contributed by atoms with Crippen molar-refractivity contribution in [2.45, 2.75) is 32.2 Å². The van der Waals surface area contributed by atoms with Crippen molar-refractivity contribution >= 4 is 28.4 Å². The number of anilines is 2. The van der Waals surface area contributed by atoms with Crippen molar-refractivity contribution < 1.29 is 23.1 Å². The average Bonchev–Trinajstić information content (AvgIpc) is 3.47. The number of halogens is 3. The second-order valence-corrected chi connectivity index (χ2v) is 9.83. The molecule has 0 bridgehead atoms. The van der Waals surface area contributed by atoms with E-state index in [2.05, 4.69) is 15.3 Å². The maximum atomic E-state index is 14.7. The van der Waals surface area contributed by atoms with Crippen LogP contribution >= 0.6 is 0 Å². The number of nitrogens with zero attached hydrogens (tertiary/aromatic N) is 4. The number of carboxylic acid groups (broad SMARTS) is 1. The molecule has 3 aromatic heterocycles. The van der Waals surface area contributed by atoms with Gasteiger partial charge in [-0.1, -0.05) is 0 Å². The number of rotatable bonds is 5. The van der Waals surface area contributed by atoms with Gasteiger partial charge in [-0.05, 0) is 36.2 Å². The van der Waals surface area contributed by atoms with Gasteiger partial charge in [-0.15, -0.1) is 0 Å². The van der Waals surface area contributed by atoms with Gasteiger partial charge in [0.1, 0.15) is 17.0 Å². The van der Waals surface area contributed by atoms with Crippen molar-refractivity contribution in [2.75, 3.05) is 30.4 Å². The molecule has 1 fully saturated rings. The van der Waals surface area contributed by atoms with Crippen LogP contribution in [-0.4, -0.2) is 51.7 Å². The topological polar surface area (TPSA) is 100 Å². The standard InChI is InChI=1S/C28H24F3N5O3/c1-3-35-12-20(27(38)39)25(37)18-6-14(10-34-26(18)35)19-11-33-22-9-16-17(7-15(29)8-21(16)32-2)23(22)24(19)36-5-4-28(30,31)13-36/h6-8,10-12,32H,3-5,9,13H2,1-2H3,(H,38,39). The Morgan fingerprint density at radius 3 is 2.64 bits per heavy atom. The number of aryl methyl sites for hydroxylation is 1. The smallest absolute Gasteiger partial charge is 0.341 e. The minimum absolute atomic E-state index is 0.0762. The fraction of sp³-hybridized carbons (Fsp3) is 0.286. The van der Waals surface area contributed by atoms with Gasteiger partial charge >= 0.3 is 5.97 Å². The number of nitrogens with one attached hydrogen (secondary N) is 1. The van der Waals surface area contributed by atoms with E-state index in [4.69, 9.17) is 0 Å². The summed E-state index contributed by atoms with van der Waals surface area (Å²) >= 11 is 0. The third kappa shape index (κ3) is 3.91. The van der Waals surface area contributed by atoms with Gasteiger partial charge in [-0.2, -0.15) is 0 Å². The van der Waals surface area contributed by atoms with Gasteiger partial charge in [0.2, 0.25) is 5.43 Å². The first-order valence-corrected chi connectivity index (χ1v) is 12.5. The summed E-state index contributed by atoms with van der Waals surface area (Å²) in [4.78, 5) is 35.5. The van der Waals surface area contributed by atoms with Crippen LogP contribution in [0.3, 0.4) is 0 Å². The van der Waals surface area contributed by atoms with Crippen LogP contribution in [0.2, 0.25) is 0 Å². The van der Waals surface area contributed by atoms with E-state index in [1.807, 2.05) is 0 Å². The lowest BCUT2D eigenvalue weighted by molar-refractivity contribution is 0.0257. The Labute approximate surface area is 220 Å². The summed E-state index contributed by atoms with van der Waals surface area (Å²) in [5.74, 6) is -4.73. The second-order valence-electron chi connectivity index (χ2n) is 9.83. The van der Waals surface area contributed by atoms with Crippen molar-refractivity contribution in [1.29, 1.82) is 0 Å². The number of carboxylic acids is 1. The molecule has 0 amide bonds. The molecule has 0 radical (unpaired) electrons. The fourth-order valence-corrected chi connectivity index (χ4v) is 5.68. The van der Waals surface area contributed by atoms with Crippen LogP contribution in [0.1, 0.15) is 35.0 Å². The Hall–Kier alpha value is -4.41. The SMILES string of the molecule is CCn1cc(C(=O)O)c(=O)c2cc(-c3cnc4c(c3N3CCC(F)(F)C3)-c3cc(F)cc(NC)c3C4)cnc21. The molecule has 1 aliphatic carbocycles. The molecule has 0 saturated carbocycles. The summed E-state index contributed by atoms with van der Waals surface area (Å²) in [7, 11) is 1.69. The highest BCUT2D eigenvalue weighted by molar-refractivity contribution is 5.98. The average molecular weight is 536 g/mol. The molecule has 200 valence electrons. The van der Waals surface area contributed by atoms with Gasteiger partial charge in [0, 0.05) is 73.9 Å². The number of aromatic nitrogens is 3. The summed E-state index contributed by atoms with van der Waals surface area (Å²) in [6, 6.07) is 4.31. The predicted octanol–water partition coefficient (Wildman–Crippen LogP) is 4.77. The van der Waals surface area contributed by atoms with E-state index in [1.165, 1.54) is 30.6 Å². The third-order valence-electron chi connectivity index (χ3n) is 7.51. The molecule has 2 N–H and O–H groups in total. The van der Waals surface area contributed by atoms with Crippen molar-refractivity contribution in [3.05, 3.63) is 69.7 Å². The monoisotopic (exact) mass is 535 g/mol. The Balaban J connectivity index is 1.64. The Bertz CT molecular complexity index is 1750. The zero-order valence-electron chi connectivity index (χ0n) is 21.2. The molecule has 2 aliphatic rings. The van der Waals surface area contributed by atoms with E-state index in [1.54, 1.807) is 29.6 Å². The maximum absolute atomic E-state index is 14.7. The molecular weight excluding hydrogens is 511 g/mol. The molecule has 0 unspecified atom stereocenters. The van der Waals surface area contributed by atoms with E-state index in [9.17, 15) is 27.9 Å². The quantitative estimate of drug-likeness (QED) is 0.334. The normalized spacial score (nSPS) is 15.5.